The zero-order valence-electron chi connectivity index (χ0n) is 22.6. The van der Waals surface area contributed by atoms with E-state index >= 15 is 0 Å². The minimum Gasteiger partial charge on any atom is -0.384 e. The minimum atomic E-state index is -0.523. The number of nitrogens with two attached hydrogens (primary N) is 1. The fourth-order valence-electron chi connectivity index (χ4n) is 5.67. The van der Waals surface area contributed by atoms with E-state index in [1.165, 1.54) is 0 Å². The number of piperidine rings is 1. The maximum absolute atomic E-state index is 13.2. The molecule has 2 fully saturated rings. The van der Waals surface area contributed by atoms with Crippen LogP contribution in [0.25, 0.3) is 0 Å². The van der Waals surface area contributed by atoms with E-state index in [4.69, 9.17) is 5.73 Å². The zero-order valence-corrected chi connectivity index (χ0v) is 22.6. The largest absolute Gasteiger partial charge is 0.384 e. The summed E-state index contributed by atoms with van der Waals surface area (Å²) in [6, 6.07) is 9.55. The molecule has 1 aliphatic heterocycles. The Hall–Kier alpha value is -3.46. The van der Waals surface area contributed by atoms with Crippen LogP contribution in [0.2, 0.25) is 0 Å². The molecule has 0 spiro atoms. The molecule has 2 amide bonds. The second-order valence-electron chi connectivity index (χ2n) is 10.8. The molecule has 9 nitrogen and oxygen atoms in total. The van der Waals surface area contributed by atoms with Crippen LogP contribution >= 0.6 is 0 Å². The topological polar surface area (TPSA) is 129 Å². The van der Waals surface area contributed by atoms with Gasteiger partial charge >= 0.3 is 0 Å². The summed E-state index contributed by atoms with van der Waals surface area (Å²) in [6.07, 6.45) is 6.50. The predicted octanol–water partition coefficient (Wildman–Crippen LogP) is 3.36. The van der Waals surface area contributed by atoms with Crippen molar-refractivity contribution in [1.82, 2.24) is 15.6 Å². The van der Waals surface area contributed by atoms with E-state index in [0.29, 0.717) is 46.9 Å². The van der Waals surface area contributed by atoms with Crippen molar-refractivity contribution < 1.29 is 14.4 Å². The highest BCUT2D eigenvalue weighted by Gasteiger charge is 2.41. The van der Waals surface area contributed by atoms with Gasteiger partial charge in [0.2, 0.25) is 0 Å². The molecule has 3 unspecified atom stereocenters. The van der Waals surface area contributed by atoms with Gasteiger partial charge in [-0.15, -0.1) is 0 Å². The average molecular weight is 521 g/mol. The third-order valence-electron chi connectivity index (χ3n) is 7.58. The maximum Gasteiger partial charge on any atom is 0.251 e. The zero-order chi connectivity index (χ0) is 27.2. The number of nitrogens with one attached hydrogen (secondary N) is 3. The summed E-state index contributed by atoms with van der Waals surface area (Å²) in [4.78, 5) is 43.7. The second-order valence-corrected chi connectivity index (χ2v) is 10.8. The van der Waals surface area contributed by atoms with Crippen LogP contribution in [0.4, 0.5) is 11.5 Å². The molecule has 1 aromatic heterocycles. The number of primary amides is 1. The van der Waals surface area contributed by atoms with Gasteiger partial charge in [0.25, 0.3) is 11.8 Å². The van der Waals surface area contributed by atoms with Crippen molar-refractivity contribution in [2.45, 2.75) is 71.0 Å². The van der Waals surface area contributed by atoms with Gasteiger partial charge in [0.1, 0.15) is 5.82 Å². The van der Waals surface area contributed by atoms with Gasteiger partial charge in [-0.2, -0.15) is 0 Å². The number of hydrogen-bond donors (Lipinski definition) is 4. The lowest BCUT2D eigenvalue weighted by Crippen LogP contribution is -2.43. The van der Waals surface area contributed by atoms with E-state index in [-0.39, 0.29) is 17.7 Å². The van der Waals surface area contributed by atoms with Gasteiger partial charge in [-0.05, 0) is 81.8 Å². The molecule has 204 valence electrons. The van der Waals surface area contributed by atoms with Crippen LogP contribution in [0.3, 0.4) is 0 Å². The highest BCUT2D eigenvalue weighted by molar-refractivity contribution is 6.02. The van der Waals surface area contributed by atoms with Crippen molar-refractivity contribution in [3.05, 3.63) is 53.2 Å². The Balaban J connectivity index is 1.39. The summed E-state index contributed by atoms with van der Waals surface area (Å²) in [7, 11) is 0. The van der Waals surface area contributed by atoms with Crippen LogP contribution in [0.15, 0.2) is 36.5 Å². The molecule has 38 heavy (non-hydrogen) atoms. The third-order valence-corrected chi connectivity index (χ3v) is 7.58. The molecule has 0 radical (unpaired) electrons. The lowest BCUT2D eigenvalue weighted by Gasteiger charge is -2.38. The van der Waals surface area contributed by atoms with Crippen molar-refractivity contribution in [2.24, 2.45) is 11.7 Å². The van der Waals surface area contributed by atoms with E-state index in [1.54, 1.807) is 31.3 Å². The van der Waals surface area contributed by atoms with Gasteiger partial charge in [0.15, 0.2) is 5.78 Å². The number of benzene rings is 1. The van der Waals surface area contributed by atoms with Crippen molar-refractivity contribution in [2.75, 3.05) is 29.9 Å². The monoisotopic (exact) mass is 520 g/mol. The van der Waals surface area contributed by atoms with E-state index in [1.807, 2.05) is 12.1 Å². The lowest BCUT2D eigenvalue weighted by molar-refractivity contribution is 0.0934. The van der Waals surface area contributed by atoms with Gasteiger partial charge in [-0.1, -0.05) is 13.8 Å². The summed E-state index contributed by atoms with van der Waals surface area (Å²) in [5.41, 5.74) is 7.66. The predicted molar refractivity (Wildman–Crippen MR) is 150 cm³/mol. The Morgan fingerprint density at radius 2 is 1.89 bits per heavy atom. The molecule has 2 aromatic rings. The first kappa shape index (κ1) is 27.6. The molecule has 0 bridgehead atoms. The highest BCUT2D eigenvalue weighted by atomic mass is 16.2. The number of Topliss-reactive ketones (excluding diaryl/α,β-unsaturated/α-hetero) is 1. The summed E-state index contributed by atoms with van der Waals surface area (Å²) in [6.45, 7) is 8.18. The first-order valence-electron chi connectivity index (χ1n) is 13.7. The maximum atomic E-state index is 13.2. The van der Waals surface area contributed by atoms with Crippen LogP contribution in [0.1, 0.15) is 83.9 Å². The van der Waals surface area contributed by atoms with E-state index in [2.05, 4.69) is 39.7 Å². The first-order valence-corrected chi connectivity index (χ1v) is 13.7. The van der Waals surface area contributed by atoms with Crippen LogP contribution in [-0.4, -0.2) is 60.3 Å². The fraction of sp³-hybridized carbons (Fsp3) is 0.517. The van der Waals surface area contributed by atoms with Crippen molar-refractivity contribution in [3.63, 3.8) is 0 Å². The van der Waals surface area contributed by atoms with E-state index in [9.17, 15) is 14.4 Å². The SMILES string of the molecule is CC(=O)c1ccc(N2CCCC3CC(NC(=O)c4ccc(C(N)=O)c(NCCCNC(C)C)c4)CC32)nc1. The van der Waals surface area contributed by atoms with E-state index in [0.717, 1.165) is 51.0 Å². The second kappa shape index (κ2) is 12.4. The van der Waals surface area contributed by atoms with Gasteiger partial charge in [-0.3, -0.25) is 14.4 Å². The van der Waals surface area contributed by atoms with Crippen molar-refractivity contribution >= 4 is 29.1 Å². The Morgan fingerprint density at radius 3 is 2.58 bits per heavy atom. The number of ketones is 1. The number of carbonyl (C=O) groups excluding carboxylic acids is 3. The summed E-state index contributed by atoms with van der Waals surface area (Å²) in [5, 5.41) is 9.87. The Labute approximate surface area is 224 Å². The molecular formula is C29H40N6O3. The number of pyridine rings is 1. The molecule has 9 heteroatoms. The lowest BCUT2D eigenvalue weighted by atomic mass is 9.92. The number of rotatable bonds is 11. The highest BCUT2D eigenvalue weighted by Crippen LogP contribution is 2.39. The van der Waals surface area contributed by atoms with Crippen LogP contribution < -0.4 is 26.6 Å². The summed E-state index contributed by atoms with van der Waals surface area (Å²) in [5.74, 6) is 0.708. The standard InChI is InChI=1S/C29H40N6O3/c1-18(2)31-11-5-12-32-25-15-21(7-9-24(25)28(30)37)29(38)34-23-14-20-6-4-13-35(26(20)16-23)27-10-8-22(17-33-27)19(3)36/h7-10,15,17-18,20,23,26,31-32H,4-6,11-14,16H2,1-3H3,(H2,30,37)(H,34,38). The summed E-state index contributed by atoms with van der Waals surface area (Å²) < 4.78 is 0. The molecule has 5 N–H and O–H groups in total. The van der Waals surface area contributed by atoms with Gasteiger partial charge in [0.05, 0.1) is 5.56 Å². The van der Waals surface area contributed by atoms with Crippen LogP contribution in [0, 0.1) is 5.92 Å². The molecular weight excluding hydrogens is 480 g/mol. The van der Waals surface area contributed by atoms with Crippen LogP contribution in [-0.2, 0) is 0 Å². The number of nitrogens with zero attached hydrogens (tertiary/aromatic N) is 2. The number of hydrogen-bond acceptors (Lipinski definition) is 7. The number of amides is 2. The van der Waals surface area contributed by atoms with Gasteiger partial charge in [0, 0.05) is 54.2 Å². The van der Waals surface area contributed by atoms with Gasteiger partial charge in [-0.25, -0.2) is 4.98 Å². The Morgan fingerprint density at radius 1 is 1.11 bits per heavy atom. The molecule has 4 rings (SSSR count). The molecule has 1 aromatic carbocycles. The molecule has 1 saturated carbocycles. The Kier molecular flexibility index (Phi) is 8.99. The fourth-order valence-corrected chi connectivity index (χ4v) is 5.67. The van der Waals surface area contributed by atoms with Crippen molar-refractivity contribution in [1.29, 1.82) is 0 Å². The number of fused-ring (bicyclic) bond motifs is 1. The molecule has 1 saturated heterocycles. The number of aromatic nitrogens is 1. The molecule has 2 heterocycles. The first-order chi connectivity index (χ1) is 18.2. The molecule has 2 aliphatic rings. The quantitative estimate of drug-likeness (QED) is 0.264. The summed E-state index contributed by atoms with van der Waals surface area (Å²) >= 11 is 0. The Bertz CT molecular complexity index is 1150. The number of carbonyl (C=O) groups is 3. The number of anilines is 2. The average Bonchev–Trinajstić information content (AvgIpc) is 3.30. The minimum absolute atomic E-state index is 0.00886. The molecule has 1 aliphatic carbocycles. The smallest absolute Gasteiger partial charge is 0.251 e. The van der Waals surface area contributed by atoms with Gasteiger partial charge < -0.3 is 26.6 Å². The molecule has 3 atom stereocenters. The van der Waals surface area contributed by atoms with Crippen molar-refractivity contribution in [3.8, 4) is 0 Å². The van der Waals surface area contributed by atoms with Crippen LogP contribution in [0.5, 0.6) is 0 Å². The van der Waals surface area contributed by atoms with E-state index < -0.39 is 5.91 Å². The third kappa shape index (κ3) is 6.69. The normalized spacial score (nSPS) is 20.7.